The molecule has 3 N–H and O–H groups in total. The lowest BCUT2D eigenvalue weighted by Gasteiger charge is -2.18. The third-order valence-electron chi connectivity index (χ3n) is 1.43. The molecule has 3 heteroatoms. The van der Waals surface area contributed by atoms with Crippen molar-refractivity contribution in [2.24, 2.45) is 5.92 Å². The molecule has 60 valence electrons. The van der Waals surface area contributed by atoms with E-state index in [4.69, 9.17) is 15.3 Å². The molecule has 0 aromatic heterocycles. The lowest BCUT2D eigenvalue weighted by atomic mass is 10.0. The number of aliphatic hydroxyl groups is 3. The summed E-state index contributed by atoms with van der Waals surface area (Å²) in [4.78, 5) is 0. The summed E-state index contributed by atoms with van der Waals surface area (Å²) in [7, 11) is 0. The molecule has 2 unspecified atom stereocenters. The van der Waals surface area contributed by atoms with Crippen molar-refractivity contribution < 1.29 is 15.3 Å². The third-order valence-corrected chi connectivity index (χ3v) is 1.43. The molecule has 10 heavy (non-hydrogen) atoms. The van der Waals surface area contributed by atoms with E-state index in [-0.39, 0.29) is 5.92 Å². The second-order valence-electron chi connectivity index (χ2n) is 2.41. The van der Waals surface area contributed by atoms with E-state index in [2.05, 4.69) is 6.58 Å². The van der Waals surface area contributed by atoms with Crippen molar-refractivity contribution >= 4 is 0 Å². The highest BCUT2D eigenvalue weighted by Crippen LogP contribution is 2.10. The Labute approximate surface area is 60.6 Å². The molecule has 0 radical (unpaired) electrons. The van der Waals surface area contributed by atoms with Gasteiger partial charge in [-0.1, -0.05) is 13.0 Å². The van der Waals surface area contributed by atoms with Crippen LogP contribution in [0.15, 0.2) is 12.7 Å². The quantitative estimate of drug-likeness (QED) is 0.382. The molecule has 0 saturated carbocycles. The van der Waals surface area contributed by atoms with E-state index >= 15 is 0 Å². The van der Waals surface area contributed by atoms with Crippen LogP contribution in [-0.2, 0) is 0 Å². The highest BCUT2D eigenvalue weighted by Gasteiger charge is 2.18. The van der Waals surface area contributed by atoms with E-state index in [0.29, 0.717) is 6.42 Å². The van der Waals surface area contributed by atoms with E-state index < -0.39 is 12.4 Å². The standard InChI is InChI=1S/C7H14O3/c1-3-4-5(2)6(8)7(9)10/h3,5-10H,1,4H2,2H3. The van der Waals surface area contributed by atoms with Crippen LogP contribution in [0.5, 0.6) is 0 Å². The van der Waals surface area contributed by atoms with E-state index in [1.807, 2.05) is 0 Å². The Kier molecular flexibility index (Phi) is 4.27. The zero-order chi connectivity index (χ0) is 8.15. The predicted octanol–water partition coefficient (Wildman–Crippen LogP) is -0.130. The minimum Gasteiger partial charge on any atom is -0.388 e. The zero-order valence-electron chi connectivity index (χ0n) is 6.07. The van der Waals surface area contributed by atoms with Crippen LogP contribution in [0, 0.1) is 5.92 Å². The molecule has 0 bridgehead atoms. The van der Waals surface area contributed by atoms with Gasteiger partial charge in [0.2, 0.25) is 0 Å². The summed E-state index contributed by atoms with van der Waals surface area (Å²) < 4.78 is 0. The van der Waals surface area contributed by atoms with Gasteiger partial charge in [-0.25, -0.2) is 0 Å². The van der Waals surface area contributed by atoms with Crippen LogP contribution in [0.25, 0.3) is 0 Å². The SMILES string of the molecule is C=CCC(C)C(O)C(O)O. The summed E-state index contributed by atoms with van der Waals surface area (Å²) in [6.45, 7) is 5.20. The molecule has 0 aliphatic carbocycles. The van der Waals surface area contributed by atoms with Gasteiger partial charge < -0.3 is 15.3 Å². The number of allylic oxidation sites excluding steroid dienone is 1. The molecule has 0 aliphatic heterocycles. The first kappa shape index (κ1) is 9.62. The van der Waals surface area contributed by atoms with Crippen LogP contribution in [0.2, 0.25) is 0 Å². The fraction of sp³-hybridized carbons (Fsp3) is 0.714. The summed E-state index contributed by atoms with van der Waals surface area (Å²) in [6.07, 6.45) is -0.498. The van der Waals surface area contributed by atoms with Crippen LogP contribution in [0.1, 0.15) is 13.3 Å². The van der Waals surface area contributed by atoms with Crippen LogP contribution >= 0.6 is 0 Å². The molecule has 0 rings (SSSR count). The average Bonchev–Trinajstić information content (AvgIpc) is 1.87. The molecule has 3 nitrogen and oxygen atoms in total. The van der Waals surface area contributed by atoms with Crippen LogP contribution in [-0.4, -0.2) is 27.7 Å². The van der Waals surface area contributed by atoms with Crippen molar-refractivity contribution in [1.29, 1.82) is 0 Å². The Morgan fingerprint density at radius 1 is 1.40 bits per heavy atom. The molecule has 0 aromatic rings. The maximum atomic E-state index is 8.98. The molecule has 0 amide bonds. The first-order valence-electron chi connectivity index (χ1n) is 3.24. The van der Waals surface area contributed by atoms with Crippen molar-refractivity contribution in [2.45, 2.75) is 25.7 Å². The molecule has 0 aromatic carbocycles. The Balaban J connectivity index is 3.68. The van der Waals surface area contributed by atoms with Gasteiger partial charge in [0.1, 0.15) is 6.10 Å². The van der Waals surface area contributed by atoms with Gasteiger partial charge in [0.25, 0.3) is 0 Å². The number of hydrogen-bond donors (Lipinski definition) is 3. The van der Waals surface area contributed by atoms with Crippen molar-refractivity contribution in [3.8, 4) is 0 Å². The summed E-state index contributed by atoms with van der Waals surface area (Å²) in [5.41, 5.74) is 0. The third kappa shape index (κ3) is 2.96. The lowest BCUT2D eigenvalue weighted by molar-refractivity contribution is -0.137. The largest absolute Gasteiger partial charge is 0.388 e. The van der Waals surface area contributed by atoms with Gasteiger partial charge in [-0.15, -0.1) is 6.58 Å². The van der Waals surface area contributed by atoms with Crippen molar-refractivity contribution in [3.05, 3.63) is 12.7 Å². The van der Waals surface area contributed by atoms with Crippen molar-refractivity contribution in [3.63, 3.8) is 0 Å². The summed E-state index contributed by atoms with van der Waals surface area (Å²) in [5.74, 6) is -0.155. The molecular weight excluding hydrogens is 132 g/mol. The van der Waals surface area contributed by atoms with E-state index in [1.165, 1.54) is 0 Å². The summed E-state index contributed by atoms with van der Waals surface area (Å²) in [6, 6.07) is 0. The van der Waals surface area contributed by atoms with E-state index in [1.54, 1.807) is 13.0 Å². The fourth-order valence-corrected chi connectivity index (χ4v) is 0.696. The van der Waals surface area contributed by atoms with Crippen LogP contribution < -0.4 is 0 Å². The molecule has 0 spiro atoms. The van der Waals surface area contributed by atoms with E-state index in [9.17, 15) is 0 Å². The smallest absolute Gasteiger partial charge is 0.178 e. The van der Waals surface area contributed by atoms with Gasteiger partial charge >= 0.3 is 0 Å². The van der Waals surface area contributed by atoms with Crippen molar-refractivity contribution in [1.82, 2.24) is 0 Å². The van der Waals surface area contributed by atoms with E-state index in [0.717, 1.165) is 0 Å². The van der Waals surface area contributed by atoms with Gasteiger partial charge in [0, 0.05) is 0 Å². The first-order valence-corrected chi connectivity index (χ1v) is 3.24. The minimum atomic E-state index is -1.64. The number of hydrogen-bond acceptors (Lipinski definition) is 3. The summed E-state index contributed by atoms with van der Waals surface area (Å²) in [5, 5.41) is 26.0. The number of rotatable bonds is 4. The molecule has 0 fully saturated rings. The molecule has 0 saturated heterocycles. The zero-order valence-corrected chi connectivity index (χ0v) is 6.07. The summed E-state index contributed by atoms with van der Waals surface area (Å²) >= 11 is 0. The Hall–Kier alpha value is -0.380. The second-order valence-corrected chi connectivity index (χ2v) is 2.41. The first-order chi connectivity index (χ1) is 4.59. The maximum absolute atomic E-state index is 8.98. The van der Waals surface area contributed by atoms with Gasteiger partial charge in [-0.3, -0.25) is 0 Å². The molecular formula is C7H14O3. The van der Waals surface area contributed by atoms with Gasteiger partial charge in [-0.05, 0) is 12.3 Å². The number of aliphatic hydroxyl groups excluding tert-OH is 2. The van der Waals surface area contributed by atoms with Gasteiger partial charge in [0.05, 0.1) is 0 Å². The monoisotopic (exact) mass is 146 g/mol. The molecule has 0 heterocycles. The Morgan fingerprint density at radius 3 is 2.20 bits per heavy atom. The normalized spacial score (nSPS) is 16.9. The average molecular weight is 146 g/mol. The maximum Gasteiger partial charge on any atom is 0.178 e. The van der Waals surface area contributed by atoms with Gasteiger partial charge in [-0.2, -0.15) is 0 Å². The Bertz CT molecular complexity index is 101. The fourth-order valence-electron chi connectivity index (χ4n) is 0.696. The molecule has 2 atom stereocenters. The topological polar surface area (TPSA) is 60.7 Å². The second kappa shape index (κ2) is 4.44. The highest BCUT2D eigenvalue weighted by atomic mass is 16.5. The highest BCUT2D eigenvalue weighted by molar-refractivity contribution is 4.75. The van der Waals surface area contributed by atoms with Crippen LogP contribution in [0.3, 0.4) is 0 Å². The molecule has 0 aliphatic rings. The van der Waals surface area contributed by atoms with Crippen molar-refractivity contribution in [2.75, 3.05) is 0 Å². The minimum absolute atomic E-state index is 0.155. The predicted molar refractivity (Wildman–Crippen MR) is 38.2 cm³/mol. The lowest BCUT2D eigenvalue weighted by Crippen LogP contribution is -2.31. The van der Waals surface area contributed by atoms with Gasteiger partial charge in [0.15, 0.2) is 6.29 Å². The Morgan fingerprint density at radius 2 is 1.90 bits per heavy atom. The van der Waals surface area contributed by atoms with Crippen LogP contribution in [0.4, 0.5) is 0 Å².